The lowest BCUT2D eigenvalue weighted by molar-refractivity contribution is 0.318. The largest absolute Gasteiger partial charge is 0.384 e. The van der Waals surface area contributed by atoms with Crippen LogP contribution in [0.4, 0.5) is 0 Å². The van der Waals surface area contributed by atoms with Crippen molar-refractivity contribution in [2.75, 3.05) is 7.05 Å². The van der Waals surface area contributed by atoms with Crippen LogP contribution in [0.1, 0.15) is 22.3 Å². The first-order chi connectivity index (χ1) is 9.97. The summed E-state index contributed by atoms with van der Waals surface area (Å²) in [5.41, 5.74) is 9.78. The van der Waals surface area contributed by atoms with Gasteiger partial charge in [-0.05, 0) is 42.8 Å². The highest BCUT2D eigenvalue weighted by molar-refractivity contribution is 6.31. The van der Waals surface area contributed by atoms with Gasteiger partial charge in [-0.1, -0.05) is 41.9 Å². The maximum absolute atomic E-state index is 7.47. The Labute approximate surface area is 130 Å². The molecule has 0 spiro atoms. The number of amidine groups is 1. The third-order valence-electron chi connectivity index (χ3n) is 3.49. The summed E-state index contributed by atoms with van der Waals surface area (Å²) in [6, 6.07) is 13.8. The van der Waals surface area contributed by atoms with Crippen molar-refractivity contribution in [3.8, 4) is 0 Å². The van der Waals surface area contributed by atoms with E-state index in [-0.39, 0.29) is 5.84 Å². The molecule has 0 saturated heterocycles. The fourth-order valence-electron chi connectivity index (χ4n) is 2.30. The van der Waals surface area contributed by atoms with E-state index < -0.39 is 0 Å². The molecule has 0 aromatic heterocycles. The number of nitrogens with zero attached hydrogens (tertiary/aromatic N) is 1. The van der Waals surface area contributed by atoms with Crippen molar-refractivity contribution in [1.82, 2.24) is 4.90 Å². The molecule has 21 heavy (non-hydrogen) atoms. The Hall–Kier alpha value is -1.84. The molecule has 0 amide bonds. The zero-order valence-corrected chi connectivity index (χ0v) is 13.1. The van der Waals surface area contributed by atoms with Crippen LogP contribution in [0.25, 0.3) is 0 Å². The van der Waals surface area contributed by atoms with E-state index in [0.29, 0.717) is 0 Å². The highest BCUT2D eigenvalue weighted by atomic mass is 35.5. The molecule has 0 atom stereocenters. The van der Waals surface area contributed by atoms with Gasteiger partial charge in [0.05, 0.1) is 0 Å². The van der Waals surface area contributed by atoms with Gasteiger partial charge in [-0.3, -0.25) is 10.3 Å². The van der Waals surface area contributed by atoms with Crippen molar-refractivity contribution in [2.45, 2.75) is 20.0 Å². The van der Waals surface area contributed by atoms with Gasteiger partial charge in [0.2, 0.25) is 0 Å². The standard InChI is InChI=1S/C17H20ClN3/c1-12-9-13(17(19)20)7-8-14(12)10-21(2)11-15-5-3-4-6-16(15)18/h3-9H,10-11H2,1-2H3,(H3,19,20). The van der Waals surface area contributed by atoms with Gasteiger partial charge >= 0.3 is 0 Å². The van der Waals surface area contributed by atoms with E-state index in [9.17, 15) is 0 Å². The molecule has 3 nitrogen and oxygen atoms in total. The van der Waals surface area contributed by atoms with Crippen LogP contribution in [0.3, 0.4) is 0 Å². The molecule has 0 saturated carbocycles. The van der Waals surface area contributed by atoms with Crippen LogP contribution in [0.2, 0.25) is 5.02 Å². The normalized spacial score (nSPS) is 10.9. The Kier molecular flexibility index (Phi) is 4.99. The molecule has 4 heteroatoms. The Balaban J connectivity index is 2.08. The Morgan fingerprint density at radius 3 is 2.43 bits per heavy atom. The van der Waals surface area contributed by atoms with E-state index in [1.54, 1.807) is 0 Å². The number of nitrogens with one attached hydrogen (secondary N) is 1. The van der Waals surface area contributed by atoms with Crippen molar-refractivity contribution in [1.29, 1.82) is 5.41 Å². The fraction of sp³-hybridized carbons (Fsp3) is 0.235. The number of rotatable bonds is 5. The van der Waals surface area contributed by atoms with E-state index in [1.807, 2.05) is 49.4 Å². The monoisotopic (exact) mass is 301 g/mol. The molecule has 0 aliphatic heterocycles. The van der Waals surface area contributed by atoms with Crippen LogP contribution in [-0.2, 0) is 13.1 Å². The summed E-state index contributed by atoms with van der Waals surface area (Å²) in [6.07, 6.45) is 0. The zero-order chi connectivity index (χ0) is 15.4. The minimum atomic E-state index is 0.106. The third kappa shape index (κ3) is 4.06. The second-order valence-corrected chi connectivity index (χ2v) is 5.73. The molecule has 2 aromatic rings. The van der Waals surface area contributed by atoms with Crippen molar-refractivity contribution < 1.29 is 0 Å². The van der Waals surface area contributed by atoms with Gasteiger partial charge < -0.3 is 5.73 Å². The van der Waals surface area contributed by atoms with Gasteiger partial charge in [0.1, 0.15) is 5.84 Å². The molecule has 0 fully saturated rings. The molecule has 3 N–H and O–H groups in total. The van der Waals surface area contributed by atoms with E-state index in [0.717, 1.165) is 34.8 Å². The summed E-state index contributed by atoms with van der Waals surface area (Å²) in [5, 5.41) is 8.27. The summed E-state index contributed by atoms with van der Waals surface area (Å²) < 4.78 is 0. The van der Waals surface area contributed by atoms with Crippen LogP contribution < -0.4 is 5.73 Å². The van der Waals surface area contributed by atoms with Crippen LogP contribution in [-0.4, -0.2) is 17.8 Å². The molecule has 0 bridgehead atoms. The first-order valence-electron chi connectivity index (χ1n) is 6.83. The van der Waals surface area contributed by atoms with Crippen molar-refractivity contribution in [2.24, 2.45) is 5.73 Å². The molecule has 0 aliphatic carbocycles. The first-order valence-corrected chi connectivity index (χ1v) is 7.21. The van der Waals surface area contributed by atoms with Crippen molar-refractivity contribution >= 4 is 17.4 Å². The third-order valence-corrected chi connectivity index (χ3v) is 3.86. The van der Waals surface area contributed by atoms with Crippen molar-refractivity contribution in [3.63, 3.8) is 0 Å². The smallest absolute Gasteiger partial charge is 0.122 e. The second kappa shape index (κ2) is 6.74. The van der Waals surface area contributed by atoms with Crippen LogP contribution in [0.5, 0.6) is 0 Å². The van der Waals surface area contributed by atoms with E-state index >= 15 is 0 Å². The lowest BCUT2D eigenvalue weighted by Gasteiger charge is -2.19. The topological polar surface area (TPSA) is 53.1 Å². The Morgan fingerprint density at radius 2 is 1.81 bits per heavy atom. The van der Waals surface area contributed by atoms with E-state index in [1.165, 1.54) is 5.56 Å². The van der Waals surface area contributed by atoms with E-state index in [2.05, 4.69) is 11.9 Å². The van der Waals surface area contributed by atoms with Gasteiger partial charge in [0.15, 0.2) is 0 Å². The molecule has 0 unspecified atom stereocenters. The van der Waals surface area contributed by atoms with Crippen LogP contribution in [0.15, 0.2) is 42.5 Å². The molecular weight excluding hydrogens is 282 g/mol. The number of aryl methyl sites for hydroxylation is 1. The van der Waals surface area contributed by atoms with Gasteiger partial charge in [-0.15, -0.1) is 0 Å². The second-order valence-electron chi connectivity index (χ2n) is 5.32. The van der Waals surface area contributed by atoms with E-state index in [4.69, 9.17) is 22.7 Å². The molecule has 2 rings (SSSR count). The van der Waals surface area contributed by atoms with Gasteiger partial charge in [-0.25, -0.2) is 0 Å². The summed E-state index contributed by atoms with van der Waals surface area (Å²) in [5.74, 6) is 0.106. The highest BCUT2D eigenvalue weighted by Crippen LogP contribution is 2.18. The Morgan fingerprint density at radius 1 is 1.14 bits per heavy atom. The van der Waals surface area contributed by atoms with Gasteiger partial charge in [-0.2, -0.15) is 0 Å². The summed E-state index contributed by atoms with van der Waals surface area (Å²) in [7, 11) is 2.07. The average Bonchev–Trinajstić information content (AvgIpc) is 2.43. The summed E-state index contributed by atoms with van der Waals surface area (Å²) in [4.78, 5) is 2.22. The SMILES string of the molecule is Cc1cc(C(=N)N)ccc1CN(C)Cc1ccccc1Cl. The maximum atomic E-state index is 7.47. The Bertz CT molecular complexity index is 652. The number of nitrogens with two attached hydrogens (primary N) is 1. The molecule has 2 aromatic carbocycles. The number of hydrogen-bond acceptors (Lipinski definition) is 2. The van der Waals surface area contributed by atoms with Gasteiger partial charge in [0.25, 0.3) is 0 Å². The minimum absolute atomic E-state index is 0.106. The first kappa shape index (κ1) is 15.5. The number of benzene rings is 2. The number of hydrogen-bond donors (Lipinski definition) is 2. The number of halogens is 1. The van der Waals surface area contributed by atoms with Crippen LogP contribution in [0, 0.1) is 12.3 Å². The predicted octanol–water partition coefficient (Wildman–Crippen LogP) is 3.56. The van der Waals surface area contributed by atoms with Gasteiger partial charge in [0, 0.05) is 23.7 Å². The lowest BCUT2D eigenvalue weighted by Crippen LogP contribution is -2.18. The predicted molar refractivity (Wildman–Crippen MR) is 88.8 cm³/mol. The van der Waals surface area contributed by atoms with Crippen molar-refractivity contribution in [3.05, 3.63) is 69.7 Å². The molecular formula is C17H20ClN3. The zero-order valence-electron chi connectivity index (χ0n) is 12.4. The minimum Gasteiger partial charge on any atom is -0.384 e. The summed E-state index contributed by atoms with van der Waals surface area (Å²) >= 11 is 6.19. The lowest BCUT2D eigenvalue weighted by atomic mass is 10.0. The average molecular weight is 302 g/mol. The maximum Gasteiger partial charge on any atom is 0.122 e. The summed E-state index contributed by atoms with van der Waals surface area (Å²) in [6.45, 7) is 3.67. The molecule has 0 heterocycles. The number of nitrogen functional groups attached to an aromatic ring is 1. The molecule has 0 aliphatic rings. The molecule has 0 radical (unpaired) electrons. The highest BCUT2D eigenvalue weighted by Gasteiger charge is 2.07. The quantitative estimate of drug-likeness (QED) is 0.655. The fourth-order valence-corrected chi connectivity index (χ4v) is 2.50. The van der Waals surface area contributed by atoms with Crippen LogP contribution >= 0.6 is 11.6 Å². The molecule has 110 valence electrons.